The highest BCUT2D eigenvalue weighted by molar-refractivity contribution is 5.25. The number of pyridine rings is 1. The molecule has 50 heavy (non-hydrogen) atoms. The van der Waals surface area contributed by atoms with Crippen molar-refractivity contribution >= 4 is 0 Å². The van der Waals surface area contributed by atoms with Crippen molar-refractivity contribution in [2.75, 3.05) is 6.61 Å². The second-order valence-corrected chi connectivity index (χ2v) is 11.6. The van der Waals surface area contributed by atoms with Gasteiger partial charge in [0, 0.05) is 0 Å². The molecule has 0 unspecified atom stereocenters. The minimum absolute atomic E-state index is 0.00450. The Morgan fingerprint density at radius 1 is 0.500 bits per heavy atom. The lowest BCUT2D eigenvalue weighted by Gasteiger charge is -2.45. The van der Waals surface area contributed by atoms with E-state index in [0.717, 1.165) is 22.3 Å². The molecule has 1 aromatic heterocycles. The quantitative estimate of drug-likeness (QED) is 0.0824. The first kappa shape index (κ1) is 35.2. The number of halogens is 4. The maximum Gasteiger partial charge on any atom is 0.255 e. The van der Waals surface area contributed by atoms with Gasteiger partial charge in [0.15, 0.2) is 0 Å². The summed E-state index contributed by atoms with van der Waals surface area (Å²) in [4.78, 5) is 2.65. The van der Waals surface area contributed by atoms with E-state index in [1.54, 1.807) is 0 Å². The molecule has 7 nitrogen and oxygen atoms in total. The van der Waals surface area contributed by atoms with Crippen molar-refractivity contribution in [2.24, 2.45) is 0 Å². The minimum Gasteiger partial charge on any atom is -0.455 e. The van der Waals surface area contributed by atoms with Crippen LogP contribution >= 0.6 is 0 Å². The Labute approximate surface area is 287 Å². The van der Waals surface area contributed by atoms with Crippen LogP contribution in [-0.4, -0.2) is 42.3 Å². The molecule has 4 aromatic carbocycles. The molecule has 1 aliphatic rings. The maximum atomic E-state index is 15.0. The normalized spacial score (nSPS) is 20.4. The van der Waals surface area contributed by atoms with Gasteiger partial charge in [0.2, 0.25) is 23.7 Å². The molecule has 0 aliphatic carbocycles. The van der Waals surface area contributed by atoms with Crippen molar-refractivity contribution in [1.29, 1.82) is 0 Å². The van der Waals surface area contributed by atoms with E-state index in [4.69, 9.17) is 28.4 Å². The molecular weight excluding hydrogens is 654 g/mol. The summed E-state index contributed by atoms with van der Waals surface area (Å²) in [7, 11) is 0. The van der Waals surface area contributed by atoms with Gasteiger partial charge in [0.1, 0.15) is 24.4 Å². The van der Waals surface area contributed by atoms with Crippen molar-refractivity contribution in [2.45, 2.75) is 57.1 Å². The maximum absolute atomic E-state index is 15.0. The summed E-state index contributed by atoms with van der Waals surface area (Å²) in [6, 6.07) is 37.4. The first-order valence-corrected chi connectivity index (χ1v) is 16.1. The highest BCUT2D eigenvalue weighted by Crippen LogP contribution is 2.34. The molecule has 0 spiro atoms. The number of aromatic nitrogens is 1. The average molecular weight is 690 g/mol. The molecule has 1 saturated heterocycles. The first-order valence-electron chi connectivity index (χ1n) is 16.1. The zero-order valence-electron chi connectivity index (χ0n) is 26.9. The van der Waals surface area contributed by atoms with E-state index in [0.29, 0.717) is 0 Å². The van der Waals surface area contributed by atoms with Crippen LogP contribution in [0.25, 0.3) is 0 Å². The van der Waals surface area contributed by atoms with E-state index in [2.05, 4.69) is 4.98 Å². The van der Waals surface area contributed by atoms with Gasteiger partial charge in [-0.3, -0.25) is 0 Å². The number of benzene rings is 4. The molecule has 0 N–H and O–H groups in total. The van der Waals surface area contributed by atoms with Crippen LogP contribution in [0.15, 0.2) is 121 Å². The number of hydrogen-bond acceptors (Lipinski definition) is 7. The van der Waals surface area contributed by atoms with Crippen molar-refractivity contribution < 1.29 is 46.0 Å². The van der Waals surface area contributed by atoms with E-state index < -0.39 is 60.0 Å². The topological polar surface area (TPSA) is 68.3 Å². The predicted octanol–water partition coefficient (Wildman–Crippen LogP) is 7.71. The molecule has 6 rings (SSSR count). The van der Waals surface area contributed by atoms with Crippen LogP contribution in [0.2, 0.25) is 0 Å². The van der Waals surface area contributed by atoms with E-state index in [-0.39, 0.29) is 33.0 Å². The van der Waals surface area contributed by atoms with Gasteiger partial charge in [-0.2, -0.15) is 22.5 Å². The van der Waals surface area contributed by atoms with Crippen LogP contribution in [0.3, 0.4) is 0 Å². The van der Waals surface area contributed by atoms with E-state index >= 15 is 0 Å². The molecule has 1 fully saturated rings. The van der Waals surface area contributed by atoms with Gasteiger partial charge in [0.05, 0.1) is 33.0 Å². The van der Waals surface area contributed by atoms with Crippen molar-refractivity contribution in [3.05, 3.63) is 167 Å². The number of hydrogen-bond donors (Lipinski definition) is 0. The summed E-state index contributed by atoms with van der Waals surface area (Å²) in [5, 5.41) is 0. The van der Waals surface area contributed by atoms with Crippen LogP contribution in [-0.2, 0) is 50.1 Å². The third-order valence-electron chi connectivity index (χ3n) is 8.03. The highest BCUT2D eigenvalue weighted by atomic mass is 19.2. The summed E-state index contributed by atoms with van der Waals surface area (Å²) in [5.74, 6) is -8.74. The average Bonchev–Trinajstić information content (AvgIpc) is 3.15. The summed E-state index contributed by atoms with van der Waals surface area (Å²) in [6.07, 6.45) is -5.73. The smallest absolute Gasteiger partial charge is 0.255 e. The van der Waals surface area contributed by atoms with Gasteiger partial charge in [-0.05, 0) is 22.3 Å². The fourth-order valence-electron chi connectivity index (χ4n) is 5.53. The fraction of sp³-hybridized carbons (Fsp3) is 0.256. The molecule has 0 saturated carbocycles. The Morgan fingerprint density at radius 3 is 1.36 bits per heavy atom. The van der Waals surface area contributed by atoms with Crippen molar-refractivity contribution in [1.82, 2.24) is 4.98 Å². The zero-order valence-corrected chi connectivity index (χ0v) is 26.9. The lowest BCUT2D eigenvalue weighted by Crippen LogP contribution is -2.62. The summed E-state index contributed by atoms with van der Waals surface area (Å²) in [6.45, 7) is 0.383. The predicted molar refractivity (Wildman–Crippen MR) is 175 cm³/mol. The van der Waals surface area contributed by atoms with Gasteiger partial charge in [-0.15, -0.1) is 0 Å². The molecule has 5 atom stereocenters. The molecule has 11 heteroatoms. The molecule has 1 aliphatic heterocycles. The van der Waals surface area contributed by atoms with E-state index in [1.165, 1.54) is 0 Å². The molecule has 5 aromatic rings. The molecule has 0 amide bonds. The third-order valence-corrected chi connectivity index (χ3v) is 8.03. The second-order valence-electron chi connectivity index (χ2n) is 11.6. The highest BCUT2D eigenvalue weighted by Gasteiger charge is 2.50. The number of ether oxygens (including phenoxy) is 6. The standard InChI is InChI=1S/C39H35F4NO6/c40-31-34(32(41)38(43)44-37(31)42)50-39-36(48-24-29-19-11-4-12-20-29)35(47-23-28-17-9-3-10-18-28)33(46-22-27-15-7-2-8-16-27)30(49-39)25-45-21-26-13-5-1-6-14-26/h1-20,30,33,35-36,39H,21-25H2/t30-,33-,35+,36-,39+/m1/s1. The Morgan fingerprint density at radius 2 is 0.900 bits per heavy atom. The van der Waals surface area contributed by atoms with Crippen molar-refractivity contribution in [3.63, 3.8) is 0 Å². The number of nitrogens with zero attached hydrogens (tertiary/aromatic N) is 1. The Balaban J connectivity index is 1.37. The first-order chi connectivity index (χ1) is 24.5. The summed E-state index contributed by atoms with van der Waals surface area (Å²) in [5.41, 5.74) is 3.35. The van der Waals surface area contributed by atoms with Crippen LogP contribution in [0.5, 0.6) is 5.75 Å². The Bertz CT molecular complexity index is 1750. The van der Waals surface area contributed by atoms with Crippen LogP contribution in [0.1, 0.15) is 22.3 Å². The molecular formula is C39H35F4NO6. The lowest BCUT2D eigenvalue weighted by atomic mass is 9.97. The molecule has 2 heterocycles. The number of rotatable bonds is 15. The second kappa shape index (κ2) is 17.3. The molecule has 0 radical (unpaired) electrons. The minimum atomic E-state index is -1.87. The third kappa shape index (κ3) is 9.12. The van der Waals surface area contributed by atoms with Gasteiger partial charge in [-0.25, -0.2) is 0 Å². The largest absolute Gasteiger partial charge is 0.455 e. The summed E-state index contributed by atoms with van der Waals surface area (Å²) < 4.78 is 95.9. The fourth-order valence-corrected chi connectivity index (χ4v) is 5.53. The Hall–Kier alpha value is -4.65. The lowest BCUT2D eigenvalue weighted by molar-refractivity contribution is -0.310. The van der Waals surface area contributed by atoms with Gasteiger partial charge < -0.3 is 28.4 Å². The van der Waals surface area contributed by atoms with Gasteiger partial charge in [-0.1, -0.05) is 121 Å². The van der Waals surface area contributed by atoms with Gasteiger partial charge >= 0.3 is 0 Å². The van der Waals surface area contributed by atoms with Crippen LogP contribution in [0.4, 0.5) is 17.6 Å². The van der Waals surface area contributed by atoms with Crippen molar-refractivity contribution in [3.8, 4) is 5.75 Å². The van der Waals surface area contributed by atoms with Crippen LogP contribution < -0.4 is 4.74 Å². The summed E-state index contributed by atoms with van der Waals surface area (Å²) >= 11 is 0. The van der Waals surface area contributed by atoms with Gasteiger partial charge in [0.25, 0.3) is 11.9 Å². The molecule has 260 valence electrons. The monoisotopic (exact) mass is 689 g/mol. The zero-order chi connectivity index (χ0) is 34.7. The SMILES string of the molecule is Fc1nc(F)c(F)c(O[C@@H]2O[C@H](COCc3ccccc3)[C@@H](OCc3ccccc3)[C@H](OCc3ccccc3)[C@H]2OCc2ccccc2)c1F. The van der Waals surface area contributed by atoms with E-state index in [1.807, 2.05) is 121 Å². The molecule has 0 bridgehead atoms. The van der Waals surface area contributed by atoms with E-state index in [9.17, 15) is 17.6 Å². The van der Waals surface area contributed by atoms with Crippen LogP contribution in [0, 0.1) is 23.5 Å². The Kier molecular flexibility index (Phi) is 12.2.